The van der Waals surface area contributed by atoms with E-state index in [0.29, 0.717) is 23.0 Å². The molecule has 198 valence electrons. The van der Waals surface area contributed by atoms with Crippen molar-refractivity contribution in [3.05, 3.63) is 84.0 Å². The van der Waals surface area contributed by atoms with Gasteiger partial charge in [-0.2, -0.15) is 5.06 Å². The molecule has 1 N–H and O–H groups in total. The molecule has 0 fully saturated rings. The fourth-order valence-electron chi connectivity index (χ4n) is 3.20. The van der Waals surface area contributed by atoms with Crippen molar-refractivity contribution in [2.45, 2.75) is 38.7 Å². The summed E-state index contributed by atoms with van der Waals surface area (Å²) in [7, 11) is 2.68. The summed E-state index contributed by atoms with van der Waals surface area (Å²) < 4.78 is 12.2. The molecule has 0 aliphatic heterocycles. The number of unbranched alkanes of at least 4 members (excludes halogenated alkanes) is 3. The summed E-state index contributed by atoms with van der Waals surface area (Å²) in [4.78, 5) is 27.0. The van der Waals surface area contributed by atoms with Crippen LogP contribution in [0.2, 0.25) is 5.02 Å². The molecule has 2 aromatic carbocycles. The highest BCUT2D eigenvalue weighted by Crippen LogP contribution is 2.23. The number of hydroxylamine groups is 1. The standard InChI is InChI=1S/C19H18ClN3O4.C8H14O2/c1-25-19(24)23(26-2)17-6-4-3-5-14(17)13-27-18-11-12-22(21-18)16-9-7-15(20)8-10-16;1-2-3-4-5-6-7-8(9)10/h3-12H,13H2,1-2H3;2H,1,3-7H2,(H,9,10). The van der Waals surface area contributed by atoms with Gasteiger partial charge in [-0.05, 0) is 49.6 Å². The number of hydrogen-bond acceptors (Lipinski definition) is 6. The quantitative estimate of drug-likeness (QED) is 0.163. The van der Waals surface area contributed by atoms with Gasteiger partial charge in [-0.3, -0.25) is 9.63 Å². The second kappa shape index (κ2) is 16.0. The van der Waals surface area contributed by atoms with Gasteiger partial charge in [-0.25, -0.2) is 9.48 Å². The van der Waals surface area contributed by atoms with Crippen LogP contribution in [0.3, 0.4) is 0 Å². The average Bonchev–Trinajstić information content (AvgIpc) is 3.38. The zero-order valence-corrected chi connectivity index (χ0v) is 21.8. The third-order valence-corrected chi connectivity index (χ3v) is 5.32. The van der Waals surface area contributed by atoms with E-state index in [1.165, 1.54) is 14.2 Å². The highest BCUT2D eigenvalue weighted by atomic mass is 35.5. The van der Waals surface area contributed by atoms with E-state index in [0.717, 1.165) is 42.0 Å². The van der Waals surface area contributed by atoms with E-state index < -0.39 is 12.1 Å². The van der Waals surface area contributed by atoms with E-state index in [4.69, 9.17) is 31.0 Å². The lowest BCUT2D eigenvalue weighted by atomic mass is 10.1. The number of para-hydroxylation sites is 1. The molecule has 3 aromatic rings. The maximum Gasteiger partial charge on any atom is 0.438 e. The first-order chi connectivity index (χ1) is 17.9. The molecule has 0 unspecified atom stereocenters. The van der Waals surface area contributed by atoms with Gasteiger partial charge in [0, 0.05) is 29.3 Å². The number of rotatable bonds is 12. The SMILES string of the molecule is C=CCCCCCC(=O)O.COC(=O)N(OC)c1ccccc1COc1ccn(-c2ccc(Cl)cc2)n1. The van der Waals surface area contributed by atoms with Crippen LogP contribution < -0.4 is 9.80 Å². The van der Waals surface area contributed by atoms with Gasteiger partial charge in [0.05, 0.1) is 25.6 Å². The summed E-state index contributed by atoms with van der Waals surface area (Å²) in [6.45, 7) is 3.78. The molecule has 9 nitrogen and oxygen atoms in total. The van der Waals surface area contributed by atoms with Gasteiger partial charge >= 0.3 is 12.1 Å². The molecular weight excluding hydrogens is 498 g/mol. The number of amides is 1. The van der Waals surface area contributed by atoms with Crippen molar-refractivity contribution in [2.75, 3.05) is 19.3 Å². The van der Waals surface area contributed by atoms with Gasteiger partial charge in [0.2, 0.25) is 5.88 Å². The second-order valence-corrected chi connectivity index (χ2v) is 8.16. The topological polar surface area (TPSA) is 103 Å². The summed E-state index contributed by atoms with van der Waals surface area (Å²) in [5.74, 6) is -0.250. The van der Waals surface area contributed by atoms with E-state index in [-0.39, 0.29) is 6.61 Å². The molecule has 0 aliphatic carbocycles. The number of aromatic nitrogens is 2. The Morgan fingerprint density at radius 1 is 1.08 bits per heavy atom. The van der Waals surface area contributed by atoms with Gasteiger partial charge in [-0.15, -0.1) is 11.7 Å². The van der Waals surface area contributed by atoms with Gasteiger partial charge in [0.1, 0.15) is 6.61 Å². The molecule has 1 heterocycles. The molecule has 0 saturated heterocycles. The molecule has 0 radical (unpaired) electrons. The minimum atomic E-state index is -0.696. The lowest BCUT2D eigenvalue weighted by Crippen LogP contribution is -2.30. The zero-order chi connectivity index (χ0) is 27.0. The van der Waals surface area contributed by atoms with Crippen molar-refractivity contribution in [1.29, 1.82) is 0 Å². The Morgan fingerprint density at radius 2 is 1.81 bits per heavy atom. The number of methoxy groups -OCH3 is 1. The smallest absolute Gasteiger partial charge is 0.438 e. The number of anilines is 1. The van der Waals surface area contributed by atoms with Crippen molar-refractivity contribution >= 4 is 29.4 Å². The fourth-order valence-corrected chi connectivity index (χ4v) is 3.33. The molecule has 37 heavy (non-hydrogen) atoms. The zero-order valence-electron chi connectivity index (χ0n) is 21.0. The van der Waals surface area contributed by atoms with Gasteiger partial charge in [-0.1, -0.05) is 42.3 Å². The summed E-state index contributed by atoms with van der Waals surface area (Å²) in [6.07, 6.45) is 7.19. The van der Waals surface area contributed by atoms with E-state index >= 15 is 0 Å². The molecule has 1 amide bonds. The Morgan fingerprint density at radius 3 is 2.46 bits per heavy atom. The molecule has 3 rings (SSSR count). The second-order valence-electron chi connectivity index (χ2n) is 7.72. The number of carbonyl (C=O) groups excluding carboxylic acids is 1. The minimum absolute atomic E-state index is 0.199. The molecule has 0 spiro atoms. The van der Waals surface area contributed by atoms with E-state index in [2.05, 4.69) is 11.7 Å². The van der Waals surface area contributed by atoms with Crippen molar-refractivity contribution in [3.63, 3.8) is 0 Å². The fraction of sp³-hybridized carbons (Fsp3) is 0.296. The van der Waals surface area contributed by atoms with Crippen LogP contribution in [-0.4, -0.2) is 41.2 Å². The molecule has 0 atom stereocenters. The summed E-state index contributed by atoms with van der Waals surface area (Å²) in [5.41, 5.74) is 2.14. The number of hydrogen-bond donors (Lipinski definition) is 1. The molecule has 0 bridgehead atoms. The summed E-state index contributed by atoms with van der Waals surface area (Å²) in [6, 6.07) is 16.3. The molecule has 0 saturated carbocycles. The third kappa shape index (κ3) is 9.98. The van der Waals surface area contributed by atoms with E-state index in [1.54, 1.807) is 41.2 Å². The Kier molecular flexibility index (Phi) is 12.7. The maximum atomic E-state index is 11.9. The maximum absolute atomic E-state index is 11.9. The van der Waals surface area contributed by atoms with Crippen molar-refractivity contribution in [3.8, 4) is 11.6 Å². The number of aliphatic carboxylic acids is 1. The Bertz CT molecular complexity index is 1130. The molecule has 0 aliphatic rings. The Labute approximate surface area is 221 Å². The Hall–Kier alpha value is -3.82. The normalized spacial score (nSPS) is 10.1. The molecular formula is C27H32ClN3O6. The predicted octanol–water partition coefficient (Wildman–Crippen LogP) is 6.45. The third-order valence-electron chi connectivity index (χ3n) is 5.06. The number of allylic oxidation sites excluding steroid dienone is 1. The molecule has 10 heteroatoms. The van der Waals surface area contributed by atoms with Gasteiger partial charge in [0.25, 0.3) is 0 Å². The number of nitrogens with zero attached hydrogens (tertiary/aromatic N) is 3. The number of carboxylic acid groups (broad SMARTS) is 1. The van der Waals surface area contributed by atoms with Crippen molar-refractivity contribution in [1.82, 2.24) is 9.78 Å². The lowest BCUT2D eigenvalue weighted by molar-refractivity contribution is -0.137. The monoisotopic (exact) mass is 529 g/mol. The van der Waals surface area contributed by atoms with Crippen molar-refractivity contribution < 1.29 is 29.0 Å². The lowest BCUT2D eigenvalue weighted by Gasteiger charge is -2.20. The van der Waals surface area contributed by atoms with Gasteiger partial charge in [0.15, 0.2) is 0 Å². The number of carbonyl (C=O) groups is 2. The highest BCUT2D eigenvalue weighted by molar-refractivity contribution is 6.30. The predicted molar refractivity (Wildman–Crippen MR) is 142 cm³/mol. The van der Waals surface area contributed by atoms with Crippen LogP contribution in [0.25, 0.3) is 5.69 Å². The highest BCUT2D eigenvalue weighted by Gasteiger charge is 2.19. The average molecular weight is 530 g/mol. The van der Waals surface area contributed by atoms with E-state index in [9.17, 15) is 9.59 Å². The number of carboxylic acids is 1. The first-order valence-electron chi connectivity index (χ1n) is 11.7. The van der Waals surface area contributed by atoms with Crippen molar-refractivity contribution in [2.24, 2.45) is 0 Å². The number of benzene rings is 2. The summed E-state index contributed by atoms with van der Waals surface area (Å²) in [5, 5.41) is 14.4. The first-order valence-corrected chi connectivity index (χ1v) is 12.0. The first kappa shape index (κ1) is 29.4. The number of ether oxygens (including phenoxy) is 2. The van der Waals surface area contributed by atoms with Crippen LogP contribution in [0.4, 0.5) is 10.5 Å². The largest absolute Gasteiger partial charge is 0.481 e. The van der Waals surface area contributed by atoms with Gasteiger partial charge < -0.3 is 14.6 Å². The van der Waals surface area contributed by atoms with Crippen LogP contribution in [0, 0.1) is 0 Å². The minimum Gasteiger partial charge on any atom is -0.481 e. The van der Waals surface area contributed by atoms with Crippen LogP contribution in [0.1, 0.15) is 37.7 Å². The summed E-state index contributed by atoms with van der Waals surface area (Å²) >= 11 is 5.91. The van der Waals surface area contributed by atoms with Crippen LogP contribution in [-0.2, 0) is 21.0 Å². The number of halogens is 1. The van der Waals surface area contributed by atoms with E-state index in [1.807, 2.05) is 30.3 Å². The van der Waals surface area contributed by atoms with Crippen LogP contribution in [0.5, 0.6) is 5.88 Å². The van der Waals surface area contributed by atoms with Crippen LogP contribution >= 0.6 is 11.6 Å². The van der Waals surface area contributed by atoms with Crippen LogP contribution in [0.15, 0.2) is 73.4 Å². The molecule has 1 aromatic heterocycles. The Balaban J connectivity index is 0.000000410.